The van der Waals surface area contributed by atoms with Crippen molar-refractivity contribution in [2.45, 2.75) is 50.4 Å². The maximum absolute atomic E-state index is 13.7. The number of rotatable bonds is 5. The van der Waals surface area contributed by atoms with Crippen molar-refractivity contribution < 1.29 is 17.9 Å². The van der Waals surface area contributed by atoms with E-state index in [2.05, 4.69) is 5.32 Å². The number of anilines is 1. The molecule has 0 unspecified atom stereocenters. The summed E-state index contributed by atoms with van der Waals surface area (Å²) >= 11 is 0. The first-order valence-corrected chi connectivity index (χ1v) is 10.3. The lowest BCUT2D eigenvalue weighted by Gasteiger charge is -2.43. The number of nitrogens with one attached hydrogen (secondary N) is 1. The zero-order chi connectivity index (χ0) is 20.4. The third-order valence-corrected chi connectivity index (χ3v) is 6.04. The Kier molecular flexibility index (Phi) is 5.72. The highest BCUT2D eigenvalue weighted by atomic mass is 19.4. The number of aryl methyl sites for hydroxylation is 2. The molecule has 2 aromatic carbocycles. The van der Waals surface area contributed by atoms with Gasteiger partial charge in [-0.15, -0.1) is 0 Å². The van der Waals surface area contributed by atoms with Gasteiger partial charge in [-0.25, -0.2) is 0 Å². The monoisotopic (exact) mass is 404 g/mol. The molecule has 1 saturated heterocycles. The number of hydrogen-bond donors (Lipinski definition) is 1. The van der Waals surface area contributed by atoms with Crippen LogP contribution in [-0.4, -0.2) is 32.4 Å². The maximum atomic E-state index is 13.7. The SMILES string of the molecule is COc1cc2c(cc1N(CC(F)(F)F)[C@H]1CCCN[C@H]1c1ccccc1)CCC2. The molecule has 1 fully saturated rings. The Balaban J connectivity index is 1.78. The summed E-state index contributed by atoms with van der Waals surface area (Å²) in [5.74, 6) is 0.535. The van der Waals surface area contributed by atoms with E-state index in [0.717, 1.165) is 43.4 Å². The van der Waals surface area contributed by atoms with Crippen LogP contribution in [0, 0.1) is 0 Å². The number of alkyl halides is 3. The predicted octanol–water partition coefficient (Wildman–Crippen LogP) is 5.05. The minimum absolute atomic E-state index is 0.162. The van der Waals surface area contributed by atoms with Crippen molar-refractivity contribution in [3.8, 4) is 5.75 Å². The Hall–Kier alpha value is -2.21. The van der Waals surface area contributed by atoms with Gasteiger partial charge in [-0.05, 0) is 67.5 Å². The molecule has 2 aromatic rings. The lowest BCUT2D eigenvalue weighted by molar-refractivity contribution is -0.121. The fourth-order valence-electron chi connectivity index (χ4n) is 4.76. The second kappa shape index (κ2) is 8.27. The van der Waals surface area contributed by atoms with E-state index >= 15 is 0 Å². The third-order valence-electron chi connectivity index (χ3n) is 6.04. The molecule has 2 aliphatic rings. The molecule has 0 saturated carbocycles. The lowest BCUT2D eigenvalue weighted by atomic mass is 9.90. The standard InChI is InChI=1S/C23H27F3N2O/c1-29-21-14-18-10-5-9-17(18)13-20(21)28(15-23(24,25)26)19-11-6-12-27-22(19)16-7-3-2-4-8-16/h2-4,7-8,13-14,19,22,27H,5-6,9-12,15H2,1H3/t19-,22-/m0/s1. The van der Waals surface area contributed by atoms with Crippen molar-refractivity contribution in [3.63, 3.8) is 0 Å². The van der Waals surface area contributed by atoms with Crippen LogP contribution in [0.15, 0.2) is 42.5 Å². The Labute approximate surface area is 169 Å². The van der Waals surface area contributed by atoms with E-state index in [1.165, 1.54) is 10.5 Å². The van der Waals surface area contributed by atoms with Crippen LogP contribution >= 0.6 is 0 Å². The highest BCUT2D eigenvalue weighted by molar-refractivity contribution is 5.64. The zero-order valence-electron chi connectivity index (χ0n) is 16.6. The molecular weight excluding hydrogens is 377 g/mol. The van der Waals surface area contributed by atoms with Gasteiger partial charge < -0.3 is 15.0 Å². The number of methoxy groups -OCH3 is 1. The van der Waals surface area contributed by atoms with Crippen LogP contribution in [0.25, 0.3) is 0 Å². The third kappa shape index (κ3) is 4.37. The van der Waals surface area contributed by atoms with Crippen LogP contribution in [0.3, 0.4) is 0 Å². The van der Waals surface area contributed by atoms with Gasteiger partial charge in [0.05, 0.1) is 18.8 Å². The fourth-order valence-corrected chi connectivity index (χ4v) is 4.76. The van der Waals surface area contributed by atoms with E-state index in [1.54, 1.807) is 7.11 Å². The van der Waals surface area contributed by atoms with Crippen LogP contribution in [0.2, 0.25) is 0 Å². The first-order valence-electron chi connectivity index (χ1n) is 10.3. The molecule has 29 heavy (non-hydrogen) atoms. The number of fused-ring (bicyclic) bond motifs is 1. The van der Waals surface area contributed by atoms with Crippen LogP contribution < -0.4 is 15.0 Å². The number of benzene rings is 2. The molecule has 0 radical (unpaired) electrons. The van der Waals surface area contributed by atoms with E-state index in [0.29, 0.717) is 17.9 Å². The average Bonchev–Trinajstić information content (AvgIpc) is 3.18. The van der Waals surface area contributed by atoms with Gasteiger partial charge in [0.2, 0.25) is 0 Å². The van der Waals surface area contributed by atoms with Gasteiger partial charge >= 0.3 is 6.18 Å². The molecule has 0 bridgehead atoms. The summed E-state index contributed by atoms with van der Waals surface area (Å²) in [6, 6.07) is 13.2. The molecule has 0 amide bonds. The summed E-state index contributed by atoms with van der Waals surface area (Å²) in [6.07, 6.45) is 0.153. The molecule has 1 aliphatic heterocycles. The maximum Gasteiger partial charge on any atom is 0.405 e. The molecule has 0 aromatic heterocycles. The minimum atomic E-state index is -4.30. The molecule has 1 N–H and O–H groups in total. The van der Waals surface area contributed by atoms with E-state index in [9.17, 15) is 13.2 Å². The number of halogens is 3. The van der Waals surface area contributed by atoms with Crippen LogP contribution in [0.1, 0.15) is 42.0 Å². The number of nitrogens with zero attached hydrogens (tertiary/aromatic N) is 1. The van der Waals surface area contributed by atoms with E-state index in [-0.39, 0.29) is 12.1 Å². The largest absolute Gasteiger partial charge is 0.495 e. The van der Waals surface area contributed by atoms with Gasteiger partial charge in [-0.2, -0.15) is 13.2 Å². The summed E-state index contributed by atoms with van der Waals surface area (Å²) in [5, 5.41) is 3.46. The second-order valence-electron chi connectivity index (χ2n) is 7.94. The lowest BCUT2D eigenvalue weighted by Crippen LogP contribution is -2.51. The molecule has 4 rings (SSSR count). The minimum Gasteiger partial charge on any atom is -0.495 e. The fraction of sp³-hybridized carbons (Fsp3) is 0.478. The Bertz CT molecular complexity index is 838. The van der Waals surface area contributed by atoms with E-state index < -0.39 is 12.7 Å². The van der Waals surface area contributed by atoms with Gasteiger partial charge in [0.1, 0.15) is 12.3 Å². The molecular formula is C23H27F3N2O. The Morgan fingerprint density at radius 3 is 2.48 bits per heavy atom. The Morgan fingerprint density at radius 1 is 1.07 bits per heavy atom. The van der Waals surface area contributed by atoms with Crippen molar-refractivity contribution in [2.24, 2.45) is 0 Å². The van der Waals surface area contributed by atoms with Crippen molar-refractivity contribution in [1.29, 1.82) is 0 Å². The summed E-state index contributed by atoms with van der Waals surface area (Å²) in [5.41, 5.74) is 3.91. The molecule has 1 heterocycles. The average molecular weight is 404 g/mol. The van der Waals surface area contributed by atoms with Gasteiger partial charge in [-0.3, -0.25) is 0 Å². The summed E-state index contributed by atoms with van der Waals surface area (Å²) < 4.78 is 46.6. The van der Waals surface area contributed by atoms with Gasteiger partial charge in [0, 0.05) is 6.04 Å². The van der Waals surface area contributed by atoms with Crippen molar-refractivity contribution in [2.75, 3.05) is 25.1 Å². The molecule has 6 heteroatoms. The quantitative estimate of drug-likeness (QED) is 0.755. The number of piperidine rings is 1. The van der Waals surface area contributed by atoms with Crippen LogP contribution in [-0.2, 0) is 12.8 Å². The summed E-state index contributed by atoms with van der Waals surface area (Å²) in [4.78, 5) is 1.53. The van der Waals surface area contributed by atoms with E-state index in [1.807, 2.05) is 42.5 Å². The summed E-state index contributed by atoms with van der Waals surface area (Å²) in [7, 11) is 1.54. The van der Waals surface area contributed by atoms with Crippen molar-refractivity contribution in [1.82, 2.24) is 5.32 Å². The van der Waals surface area contributed by atoms with E-state index in [4.69, 9.17) is 4.74 Å². The zero-order valence-corrected chi connectivity index (χ0v) is 16.6. The molecule has 2 atom stereocenters. The number of hydrogen-bond acceptors (Lipinski definition) is 3. The number of ether oxygens (including phenoxy) is 1. The summed E-state index contributed by atoms with van der Waals surface area (Å²) in [6.45, 7) is -0.185. The Morgan fingerprint density at radius 2 is 1.79 bits per heavy atom. The van der Waals surface area contributed by atoms with Gasteiger partial charge in [0.25, 0.3) is 0 Å². The highest BCUT2D eigenvalue weighted by Gasteiger charge is 2.39. The predicted molar refractivity (Wildman–Crippen MR) is 109 cm³/mol. The molecule has 3 nitrogen and oxygen atoms in total. The van der Waals surface area contributed by atoms with Crippen LogP contribution in [0.4, 0.5) is 18.9 Å². The topological polar surface area (TPSA) is 24.5 Å². The van der Waals surface area contributed by atoms with Gasteiger partial charge in [0.15, 0.2) is 0 Å². The first-order chi connectivity index (χ1) is 14.0. The molecule has 156 valence electrons. The van der Waals surface area contributed by atoms with Gasteiger partial charge in [-0.1, -0.05) is 30.3 Å². The second-order valence-corrected chi connectivity index (χ2v) is 7.94. The highest BCUT2D eigenvalue weighted by Crippen LogP contribution is 2.41. The smallest absolute Gasteiger partial charge is 0.405 e. The normalized spacial score (nSPS) is 21.7. The van der Waals surface area contributed by atoms with Crippen LogP contribution in [0.5, 0.6) is 5.75 Å². The molecule has 0 spiro atoms. The molecule has 1 aliphatic carbocycles. The van der Waals surface area contributed by atoms with Crippen molar-refractivity contribution >= 4 is 5.69 Å². The van der Waals surface area contributed by atoms with Crippen molar-refractivity contribution in [3.05, 3.63) is 59.2 Å². The first kappa shape index (κ1) is 20.1.